The molecule has 0 fully saturated rings. The van der Waals surface area contributed by atoms with Crippen LogP contribution in [-0.2, 0) is 0 Å². The molecule has 0 aliphatic heterocycles. The molecule has 2 aromatic rings. The van der Waals surface area contributed by atoms with Crippen molar-refractivity contribution in [3.05, 3.63) is 52.5 Å². The number of rotatable bonds is 8. The van der Waals surface area contributed by atoms with Gasteiger partial charge in [-0.05, 0) is 70.3 Å². The lowest BCUT2D eigenvalue weighted by atomic mass is 10.2. The highest BCUT2D eigenvalue weighted by Crippen LogP contribution is 2.26. The number of anilines is 1. The van der Waals surface area contributed by atoms with E-state index in [4.69, 9.17) is 21.7 Å². The van der Waals surface area contributed by atoms with E-state index in [-0.39, 0.29) is 11.0 Å². The van der Waals surface area contributed by atoms with Crippen LogP contribution in [-0.4, -0.2) is 24.2 Å². The predicted octanol–water partition coefficient (Wildman–Crippen LogP) is 5.65. The van der Waals surface area contributed by atoms with E-state index in [1.165, 1.54) is 0 Å². The molecule has 0 atom stereocenters. The van der Waals surface area contributed by atoms with Crippen molar-refractivity contribution in [1.29, 1.82) is 0 Å². The maximum atomic E-state index is 12.5. The largest absolute Gasteiger partial charge is 0.493 e. The van der Waals surface area contributed by atoms with E-state index in [0.717, 1.165) is 15.9 Å². The fourth-order valence-corrected chi connectivity index (χ4v) is 2.98. The number of halogens is 1. The van der Waals surface area contributed by atoms with Crippen LogP contribution in [0.3, 0.4) is 0 Å². The normalized spacial score (nSPS) is 10.7. The molecule has 0 radical (unpaired) electrons. The minimum absolute atomic E-state index is 0.215. The first-order valence-corrected chi connectivity index (χ1v) is 10.7. The van der Waals surface area contributed by atoms with Gasteiger partial charge in [-0.15, -0.1) is 0 Å². The van der Waals surface area contributed by atoms with Gasteiger partial charge in [-0.25, -0.2) is 0 Å². The standard InChI is InChI=1S/C22H27BrN2O3S/c1-14(2)12-27-18-7-5-6-17(11-18)24-22(29)25-21(26)16-8-9-20(19(23)10-16)28-13-15(3)4/h5-11,14-15H,12-13H2,1-4H3,(H2,24,25,26,29). The summed E-state index contributed by atoms with van der Waals surface area (Å²) >= 11 is 8.72. The number of nitrogens with one attached hydrogen (secondary N) is 2. The van der Waals surface area contributed by atoms with Crippen LogP contribution in [0.15, 0.2) is 46.9 Å². The van der Waals surface area contributed by atoms with E-state index in [2.05, 4.69) is 54.3 Å². The van der Waals surface area contributed by atoms with E-state index in [9.17, 15) is 4.79 Å². The maximum Gasteiger partial charge on any atom is 0.257 e. The maximum absolute atomic E-state index is 12.5. The van der Waals surface area contributed by atoms with Crippen molar-refractivity contribution in [2.24, 2.45) is 11.8 Å². The number of hydrogen-bond acceptors (Lipinski definition) is 4. The fraction of sp³-hybridized carbons (Fsp3) is 0.364. The molecule has 0 unspecified atom stereocenters. The minimum Gasteiger partial charge on any atom is -0.493 e. The third-order valence-electron chi connectivity index (χ3n) is 3.67. The number of carbonyl (C=O) groups is 1. The van der Waals surface area contributed by atoms with Crippen molar-refractivity contribution in [1.82, 2.24) is 5.32 Å². The second-order valence-electron chi connectivity index (χ2n) is 7.49. The van der Waals surface area contributed by atoms with Gasteiger partial charge in [-0.2, -0.15) is 0 Å². The SMILES string of the molecule is CC(C)COc1cccc(NC(=S)NC(=O)c2ccc(OCC(C)C)c(Br)c2)c1. The smallest absolute Gasteiger partial charge is 0.257 e. The summed E-state index contributed by atoms with van der Waals surface area (Å²) in [5, 5.41) is 5.92. The van der Waals surface area contributed by atoms with Gasteiger partial charge < -0.3 is 14.8 Å². The third-order valence-corrected chi connectivity index (χ3v) is 4.49. The Hall–Kier alpha value is -2.12. The summed E-state index contributed by atoms with van der Waals surface area (Å²) < 4.78 is 12.1. The van der Waals surface area contributed by atoms with E-state index in [0.29, 0.717) is 36.4 Å². The molecule has 0 saturated heterocycles. The lowest BCUT2D eigenvalue weighted by molar-refractivity contribution is 0.0977. The second-order valence-corrected chi connectivity index (χ2v) is 8.75. The molecule has 1 amide bonds. The van der Waals surface area contributed by atoms with Crippen LogP contribution < -0.4 is 20.1 Å². The van der Waals surface area contributed by atoms with Crippen molar-refractivity contribution in [3.8, 4) is 11.5 Å². The van der Waals surface area contributed by atoms with Crippen LogP contribution in [0.2, 0.25) is 0 Å². The Morgan fingerprint density at radius 3 is 2.38 bits per heavy atom. The minimum atomic E-state index is -0.300. The first-order chi connectivity index (χ1) is 13.7. The summed E-state index contributed by atoms with van der Waals surface area (Å²) in [6.45, 7) is 9.59. The number of amides is 1. The third kappa shape index (κ3) is 8.03. The van der Waals surface area contributed by atoms with Gasteiger partial charge in [0.1, 0.15) is 11.5 Å². The summed E-state index contributed by atoms with van der Waals surface area (Å²) in [6.07, 6.45) is 0. The topological polar surface area (TPSA) is 59.6 Å². The molecule has 2 aromatic carbocycles. The molecule has 0 saturated carbocycles. The Kier molecular flexibility index (Phi) is 8.92. The quantitative estimate of drug-likeness (QED) is 0.480. The molecule has 0 aliphatic carbocycles. The Morgan fingerprint density at radius 1 is 1.03 bits per heavy atom. The molecule has 0 spiro atoms. The van der Waals surface area contributed by atoms with Gasteiger partial charge in [-0.3, -0.25) is 10.1 Å². The van der Waals surface area contributed by atoms with E-state index >= 15 is 0 Å². The van der Waals surface area contributed by atoms with Crippen molar-refractivity contribution < 1.29 is 14.3 Å². The van der Waals surface area contributed by atoms with Gasteiger partial charge in [0, 0.05) is 17.3 Å². The van der Waals surface area contributed by atoms with Crippen LogP contribution in [0, 0.1) is 11.8 Å². The lowest BCUT2D eigenvalue weighted by Gasteiger charge is -2.13. The molecular weight excluding hydrogens is 452 g/mol. The Bertz CT molecular complexity index is 856. The van der Waals surface area contributed by atoms with E-state index in [1.54, 1.807) is 18.2 Å². The number of carbonyl (C=O) groups excluding carboxylic acids is 1. The van der Waals surface area contributed by atoms with Gasteiger partial charge in [0.25, 0.3) is 5.91 Å². The van der Waals surface area contributed by atoms with Crippen molar-refractivity contribution in [3.63, 3.8) is 0 Å². The molecule has 2 N–H and O–H groups in total. The van der Waals surface area contributed by atoms with Crippen LogP contribution in [0.4, 0.5) is 5.69 Å². The first kappa shape index (κ1) is 23.2. The monoisotopic (exact) mass is 478 g/mol. The van der Waals surface area contributed by atoms with Gasteiger partial charge in [0.15, 0.2) is 5.11 Å². The average Bonchev–Trinajstić information content (AvgIpc) is 2.65. The zero-order valence-electron chi connectivity index (χ0n) is 17.1. The van der Waals surface area contributed by atoms with E-state index in [1.807, 2.05) is 24.3 Å². The number of benzene rings is 2. The molecule has 0 aromatic heterocycles. The van der Waals surface area contributed by atoms with Crippen molar-refractivity contribution in [2.75, 3.05) is 18.5 Å². The number of hydrogen-bond donors (Lipinski definition) is 2. The van der Waals surface area contributed by atoms with Crippen LogP contribution in [0.5, 0.6) is 11.5 Å². The van der Waals surface area contributed by atoms with Gasteiger partial charge in [-0.1, -0.05) is 33.8 Å². The van der Waals surface area contributed by atoms with Crippen LogP contribution in [0.1, 0.15) is 38.1 Å². The Labute approximate surface area is 186 Å². The molecule has 2 rings (SSSR count). The Morgan fingerprint density at radius 2 is 1.72 bits per heavy atom. The first-order valence-electron chi connectivity index (χ1n) is 9.52. The molecule has 156 valence electrons. The highest BCUT2D eigenvalue weighted by Gasteiger charge is 2.12. The number of ether oxygens (including phenoxy) is 2. The van der Waals surface area contributed by atoms with Crippen LogP contribution in [0.25, 0.3) is 0 Å². The summed E-state index contributed by atoms with van der Waals surface area (Å²) in [5.41, 5.74) is 1.22. The molecular formula is C22H27BrN2O3S. The van der Waals surface area contributed by atoms with Gasteiger partial charge >= 0.3 is 0 Å². The summed E-state index contributed by atoms with van der Waals surface area (Å²) in [6, 6.07) is 12.7. The molecule has 5 nitrogen and oxygen atoms in total. The second kappa shape index (κ2) is 11.2. The molecule has 29 heavy (non-hydrogen) atoms. The highest BCUT2D eigenvalue weighted by molar-refractivity contribution is 9.10. The van der Waals surface area contributed by atoms with Gasteiger partial charge in [0.05, 0.1) is 17.7 Å². The molecule has 0 bridgehead atoms. The average molecular weight is 479 g/mol. The summed E-state index contributed by atoms with van der Waals surface area (Å²) in [7, 11) is 0. The van der Waals surface area contributed by atoms with Crippen LogP contribution >= 0.6 is 28.1 Å². The Balaban J connectivity index is 1.94. The zero-order valence-corrected chi connectivity index (χ0v) is 19.5. The van der Waals surface area contributed by atoms with Gasteiger partial charge in [0.2, 0.25) is 0 Å². The zero-order chi connectivity index (χ0) is 21.4. The van der Waals surface area contributed by atoms with E-state index < -0.39 is 0 Å². The molecule has 7 heteroatoms. The fourth-order valence-electron chi connectivity index (χ4n) is 2.28. The number of thiocarbonyl (C=S) groups is 1. The molecule has 0 aliphatic rings. The predicted molar refractivity (Wildman–Crippen MR) is 125 cm³/mol. The van der Waals surface area contributed by atoms with Crippen molar-refractivity contribution >= 4 is 44.9 Å². The highest BCUT2D eigenvalue weighted by atomic mass is 79.9. The van der Waals surface area contributed by atoms with Crippen molar-refractivity contribution in [2.45, 2.75) is 27.7 Å². The lowest BCUT2D eigenvalue weighted by Crippen LogP contribution is -2.34. The molecule has 0 heterocycles. The summed E-state index contributed by atoms with van der Waals surface area (Å²) in [5.74, 6) is 2.01. The summed E-state index contributed by atoms with van der Waals surface area (Å²) in [4.78, 5) is 12.5.